The van der Waals surface area contributed by atoms with E-state index < -0.39 is 0 Å². The summed E-state index contributed by atoms with van der Waals surface area (Å²) in [4.78, 5) is 14.2. The van der Waals surface area contributed by atoms with Crippen LogP contribution in [0, 0.1) is 11.2 Å². The van der Waals surface area contributed by atoms with Gasteiger partial charge in [0.15, 0.2) is 0 Å². The molecule has 0 bridgehead atoms. The lowest BCUT2D eigenvalue weighted by molar-refractivity contribution is -0.127. The zero-order valence-electron chi connectivity index (χ0n) is 10.9. The summed E-state index contributed by atoms with van der Waals surface area (Å²) >= 11 is 0. The van der Waals surface area contributed by atoms with Crippen molar-refractivity contribution < 1.29 is 9.18 Å². The summed E-state index contributed by atoms with van der Waals surface area (Å²) in [5, 5.41) is 3.25. The van der Waals surface area contributed by atoms with Gasteiger partial charge >= 0.3 is 0 Å². The summed E-state index contributed by atoms with van der Waals surface area (Å²) in [5.74, 6) is -0.172. The Labute approximate surface area is 107 Å². The molecule has 0 spiro atoms. The van der Waals surface area contributed by atoms with Crippen molar-refractivity contribution in [3.63, 3.8) is 0 Å². The van der Waals surface area contributed by atoms with E-state index in [1.807, 2.05) is 6.92 Å². The second-order valence-corrected chi connectivity index (χ2v) is 4.90. The molecule has 1 aliphatic rings. The highest BCUT2D eigenvalue weighted by molar-refractivity contribution is 5.97. The lowest BCUT2D eigenvalue weighted by Crippen LogP contribution is -2.43. The van der Waals surface area contributed by atoms with Crippen LogP contribution in [0.5, 0.6) is 0 Å². The molecule has 1 aromatic carbocycles. The molecular formula is C14H19FN2O. The van der Waals surface area contributed by atoms with E-state index in [1.165, 1.54) is 12.1 Å². The van der Waals surface area contributed by atoms with Crippen LogP contribution >= 0.6 is 0 Å². The fourth-order valence-corrected chi connectivity index (χ4v) is 2.52. The van der Waals surface area contributed by atoms with Gasteiger partial charge in [0.1, 0.15) is 5.82 Å². The van der Waals surface area contributed by atoms with Crippen molar-refractivity contribution in [2.24, 2.45) is 5.41 Å². The molecule has 1 saturated heterocycles. The lowest BCUT2D eigenvalue weighted by atomic mass is 9.82. The highest BCUT2D eigenvalue weighted by Gasteiger charge is 2.41. The Morgan fingerprint density at radius 1 is 1.44 bits per heavy atom. The fourth-order valence-electron chi connectivity index (χ4n) is 2.52. The number of rotatable bonds is 3. The highest BCUT2D eigenvalue weighted by atomic mass is 19.1. The standard InChI is InChI=1S/C14H19FN2O/c1-3-14(8-9-16-10-14)13(18)17(2)12-6-4-11(15)5-7-12/h4-7,16H,3,8-10H2,1-2H3. The molecule has 1 unspecified atom stereocenters. The second kappa shape index (κ2) is 5.06. The van der Waals surface area contributed by atoms with Crippen LogP contribution in [0.25, 0.3) is 0 Å². The molecule has 2 rings (SSSR count). The fraction of sp³-hybridized carbons (Fsp3) is 0.500. The summed E-state index contributed by atoms with van der Waals surface area (Å²) in [5.41, 5.74) is 0.435. The number of halogens is 1. The predicted octanol–water partition coefficient (Wildman–Crippen LogP) is 2.18. The number of hydrogen-bond acceptors (Lipinski definition) is 2. The number of anilines is 1. The highest BCUT2D eigenvalue weighted by Crippen LogP contribution is 2.32. The van der Waals surface area contributed by atoms with Gasteiger partial charge in [-0.15, -0.1) is 0 Å². The van der Waals surface area contributed by atoms with Gasteiger partial charge in [-0.2, -0.15) is 0 Å². The average Bonchev–Trinajstić information content (AvgIpc) is 2.88. The molecule has 0 aromatic heterocycles. The van der Waals surface area contributed by atoms with Crippen LogP contribution in [0.15, 0.2) is 24.3 Å². The molecule has 4 heteroatoms. The number of nitrogens with one attached hydrogen (secondary N) is 1. The molecule has 1 aliphatic heterocycles. The van der Waals surface area contributed by atoms with Gasteiger partial charge in [-0.1, -0.05) is 6.92 Å². The topological polar surface area (TPSA) is 32.3 Å². The van der Waals surface area contributed by atoms with Crippen molar-refractivity contribution in [3.05, 3.63) is 30.1 Å². The van der Waals surface area contributed by atoms with Crippen LogP contribution in [0.3, 0.4) is 0 Å². The van der Waals surface area contributed by atoms with Crippen molar-refractivity contribution in [2.75, 3.05) is 25.0 Å². The third kappa shape index (κ3) is 2.25. The third-order valence-electron chi connectivity index (χ3n) is 3.89. The zero-order valence-corrected chi connectivity index (χ0v) is 10.9. The molecule has 18 heavy (non-hydrogen) atoms. The SMILES string of the molecule is CCC1(C(=O)N(C)c2ccc(F)cc2)CCNC1. The number of nitrogens with zero attached hydrogens (tertiary/aromatic N) is 1. The van der Waals surface area contributed by atoms with E-state index >= 15 is 0 Å². The van der Waals surface area contributed by atoms with Crippen LogP contribution in [0.2, 0.25) is 0 Å². The molecule has 1 atom stereocenters. The Hall–Kier alpha value is -1.42. The van der Waals surface area contributed by atoms with Crippen LogP contribution in [0.4, 0.5) is 10.1 Å². The minimum Gasteiger partial charge on any atom is -0.316 e. The van der Waals surface area contributed by atoms with Crippen LogP contribution < -0.4 is 10.2 Å². The Balaban J connectivity index is 2.20. The monoisotopic (exact) mass is 250 g/mol. The Morgan fingerprint density at radius 2 is 2.11 bits per heavy atom. The molecule has 98 valence electrons. The Bertz CT molecular complexity index is 424. The first-order valence-electron chi connectivity index (χ1n) is 6.33. The smallest absolute Gasteiger partial charge is 0.234 e. The van der Waals surface area contributed by atoms with Crippen molar-refractivity contribution in [2.45, 2.75) is 19.8 Å². The Morgan fingerprint density at radius 3 is 2.61 bits per heavy atom. The first-order chi connectivity index (χ1) is 8.59. The van der Waals surface area contributed by atoms with Crippen molar-refractivity contribution in [1.82, 2.24) is 5.32 Å². The van der Waals surface area contributed by atoms with Crippen molar-refractivity contribution in [1.29, 1.82) is 0 Å². The number of benzene rings is 1. The van der Waals surface area contributed by atoms with E-state index in [-0.39, 0.29) is 17.1 Å². The van der Waals surface area contributed by atoms with E-state index in [4.69, 9.17) is 0 Å². The van der Waals surface area contributed by atoms with E-state index in [9.17, 15) is 9.18 Å². The summed E-state index contributed by atoms with van der Waals surface area (Å²) in [7, 11) is 1.76. The first kappa shape index (κ1) is 13.0. The van der Waals surface area contributed by atoms with Gasteiger partial charge in [-0.05, 0) is 43.7 Å². The largest absolute Gasteiger partial charge is 0.316 e. The summed E-state index contributed by atoms with van der Waals surface area (Å²) in [6.45, 7) is 3.66. The van der Waals surface area contributed by atoms with Crippen LogP contribution in [0.1, 0.15) is 19.8 Å². The minimum atomic E-state index is -0.302. The maximum Gasteiger partial charge on any atom is 0.234 e. The normalized spacial score (nSPS) is 23.1. The number of hydrogen-bond donors (Lipinski definition) is 1. The van der Waals surface area contributed by atoms with Gasteiger partial charge in [0.25, 0.3) is 0 Å². The molecule has 3 nitrogen and oxygen atoms in total. The molecule has 0 saturated carbocycles. The van der Waals surface area contributed by atoms with Crippen LogP contribution in [-0.2, 0) is 4.79 Å². The average molecular weight is 250 g/mol. The van der Waals surface area contributed by atoms with Gasteiger partial charge in [-0.3, -0.25) is 4.79 Å². The van der Waals surface area contributed by atoms with Gasteiger partial charge in [0.05, 0.1) is 5.41 Å². The maximum absolute atomic E-state index is 12.9. The molecule has 0 radical (unpaired) electrons. The van der Waals surface area contributed by atoms with E-state index in [2.05, 4.69) is 5.32 Å². The predicted molar refractivity (Wildman–Crippen MR) is 70.0 cm³/mol. The van der Waals surface area contributed by atoms with Gasteiger partial charge in [-0.25, -0.2) is 4.39 Å². The molecule has 1 amide bonds. The second-order valence-electron chi connectivity index (χ2n) is 4.90. The van der Waals surface area contributed by atoms with Crippen molar-refractivity contribution in [3.8, 4) is 0 Å². The quantitative estimate of drug-likeness (QED) is 0.891. The Kier molecular flexibility index (Phi) is 3.66. The summed E-state index contributed by atoms with van der Waals surface area (Å²) in [6, 6.07) is 6.03. The number of carbonyl (C=O) groups is 1. The number of amides is 1. The maximum atomic E-state index is 12.9. The van der Waals surface area contributed by atoms with E-state index in [0.717, 1.165) is 31.6 Å². The molecule has 1 N–H and O–H groups in total. The van der Waals surface area contributed by atoms with Gasteiger partial charge in [0, 0.05) is 19.3 Å². The molecule has 1 aromatic rings. The van der Waals surface area contributed by atoms with E-state index in [0.29, 0.717) is 0 Å². The van der Waals surface area contributed by atoms with Gasteiger partial charge in [0.2, 0.25) is 5.91 Å². The van der Waals surface area contributed by atoms with Crippen LogP contribution in [-0.4, -0.2) is 26.0 Å². The number of carbonyl (C=O) groups excluding carboxylic acids is 1. The zero-order chi connectivity index (χ0) is 13.2. The van der Waals surface area contributed by atoms with Gasteiger partial charge < -0.3 is 10.2 Å². The summed E-state index contributed by atoms with van der Waals surface area (Å²) < 4.78 is 12.9. The molecular weight excluding hydrogens is 231 g/mol. The third-order valence-corrected chi connectivity index (χ3v) is 3.89. The van der Waals surface area contributed by atoms with E-state index in [1.54, 1.807) is 24.1 Å². The molecule has 1 fully saturated rings. The lowest BCUT2D eigenvalue weighted by Gasteiger charge is -2.30. The minimum absolute atomic E-state index is 0.113. The first-order valence-corrected chi connectivity index (χ1v) is 6.33. The molecule has 1 heterocycles. The molecule has 0 aliphatic carbocycles. The summed E-state index contributed by atoms with van der Waals surface area (Å²) in [6.07, 6.45) is 1.69. The van der Waals surface area contributed by atoms with Crippen molar-refractivity contribution >= 4 is 11.6 Å².